The topological polar surface area (TPSA) is 135 Å². The molecule has 0 fully saturated rings. The first-order valence-corrected chi connectivity index (χ1v) is 5.44. The number of aromatic carboxylic acids is 1. The molecule has 0 atom stereocenters. The molecule has 1 aromatic carbocycles. The van der Waals surface area contributed by atoms with Crippen molar-refractivity contribution in [2.45, 2.75) is 0 Å². The quantitative estimate of drug-likeness (QED) is 0.410. The van der Waals surface area contributed by atoms with E-state index in [1.54, 1.807) is 18.3 Å². The average molecular weight is 339 g/mol. The number of carbonyl (C=O) groups is 2. The van der Waals surface area contributed by atoms with Crippen molar-refractivity contribution in [3.05, 3.63) is 54.1 Å². The molecule has 8 heteroatoms. The summed E-state index contributed by atoms with van der Waals surface area (Å²) in [5.74, 6) is -2.46. The molecule has 21 heavy (non-hydrogen) atoms. The molecule has 0 amide bonds. The molecule has 2 aromatic rings. The van der Waals surface area contributed by atoms with Gasteiger partial charge in [-0.25, -0.2) is 4.98 Å². The van der Waals surface area contributed by atoms with Crippen LogP contribution in [-0.2, 0) is 24.3 Å². The maximum absolute atomic E-state index is 10.2. The number of aliphatic carboxylic acids is 1. The normalized spacial score (nSPS) is 9.33. The SMILES string of the molecule is Nc1ccccc1C(=O)[O-].O=C([O-])C=Cc1c[nH]cn1.[Zn+2]. The molecule has 3 N–H and O–H groups in total. The molecule has 0 unspecified atom stereocenters. The van der Waals surface area contributed by atoms with Crippen molar-refractivity contribution in [3.8, 4) is 0 Å². The Hall–Kier alpha value is -2.47. The average Bonchev–Trinajstić information content (AvgIpc) is 2.90. The van der Waals surface area contributed by atoms with Gasteiger partial charge < -0.3 is 30.5 Å². The van der Waals surface area contributed by atoms with Gasteiger partial charge in [0.15, 0.2) is 0 Å². The molecular weight excluding hydrogens is 328 g/mol. The van der Waals surface area contributed by atoms with E-state index in [4.69, 9.17) is 5.73 Å². The number of anilines is 1. The van der Waals surface area contributed by atoms with Crippen molar-refractivity contribution in [1.82, 2.24) is 9.97 Å². The van der Waals surface area contributed by atoms with Crippen LogP contribution in [-0.4, -0.2) is 21.9 Å². The minimum atomic E-state index is -1.24. The Balaban J connectivity index is 0.000000364. The standard InChI is InChI=1S/C7H7NO2.C6H6N2O2.Zn/c8-6-4-2-1-3-5(6)7(9)10;9-6(10)2-1-5-3-7-4-8-5;/h1-4H,8H2,(H,9,10);1-4H,(H,7,8)(H,9,10);/q;;+2/p-2. The van der Waals surface area contributed by atoms with E-state index in [1.165, 1.54) is 24.5 Å². The van der Waals surface area contributed by atoms with Crippen LogP contribution in [0.5, 0.6) is 0 Å². The molecule has 0 radical (unpaired) electrons. The van der Waals surface area contributed by atoms with E-state index in [1.807, 2.05) is 0 Å². The van der Waals surface area contributed by atoms with Gasteiger partial charge in [-0.15, -0.1) is 0 Å². The fourth-order valence-electron chi connectivity index (χ4n) is 1.20. The van der Waals surface area contributed by atoms with Crippen LogP contribution < -0.4 is 15.9 Å². The second-order valence-corrected chi connectivity index (χ2v) is 3.52. The van der Waals surface area contributed by atoms with Gasteiger partial charge in [-0.3, -0.25) is 0 Å². The van der Waals surface area contributed by atoms with E-state index in [2.05, 4.69) is 9.97 Å². The third-order valence-corrected chi connectivity index (χ3v) is 2.09. The van der Waals surface area contributed by atoms with E-state index in [0.29, 0.717) is 5.69 Å². The summed E-state index contributed by atoms with van der Waals surface area (Å²) in [6.45, 7) is 0. The summed E-state index contributed by atoms with van der Waals surface area (Å²) in [6, 6.07) is 6.19. The largest absolute Gasteiger partial charge is 2.00 e. The molecule has 2 rings (SSSR count). The first kappa shape index (κ1) is 18.5. The van der Waals surface area contributed by atoms with Gasteiger partial charge in [0.05, 0.1) is 24.0 Å². The number of carbonyl (C=O) groups excluding carboxylic acids is 2. The first-order chi connectivity index (χ1) is 9.50. The van der Waals surface area contributed by atoms with Crippen molar-refractivity contribution < 1.29 is 39.3 Å². The number of H-pyrrole nitrogens is 1. The van der Waals surface area contributed by atoms with Crippen molar-refractivity contribution in [2.75, 3.05) is 5.73 Å². The Bertz CT molecular complexity index is 612. The predicted octanol–water partition coefficient (Wildman–Crippen LogP) is -1.20. The maximum Gasteiger partial charge on any atom is 2.00 e. The third-order valence-electron chi connectivity index (χ3n) is 2.09. The van der Waals surface area contributed by atoms with Gasteiger partial charge in [-0.1, -0.05) is 18.2 Å². The molecule has 1 heterocycles. The third kappa shape index (κ3) is 7.03. The molecule has 0 saturated heterocycles. The number of para-hydroxylation sites is 1. The summed E-state index contributed by atoms with van der Waals surface area (Å²) in [5.41, 5.74) is 6.16. The Kier molecular flexibility index (Phi) is 8.33. The molecule has 0 aliphatic rings. The molecule has 7 nitrogen and oxygen atoms in total. The van der Waals surface area contributed by atoms with Crippen molar-refractivity contribution in [3.63, 3.8) is 0 Å². The molecule has 0 aliphatic carbocycles. The van der Waals surface area contributed by atoms with Gasteiger partial charge in [-0.05, 0) is 18.2 Å². The van der Waals surface area contributed by atoms with Gasteiger partial charge in [0.25, 0.3) is 0 Å². The Morgan fingerprint density at radius 3 is 2.33 bits per heavy atom. The van der Waals surface area contributed by atoms with E-state index in [9.17, 15) is 19.8 Å². The van der Waals surface area contributed by atoms with Gasteiger partial charge in [0, 0.05) is 17.4 Å². The summed E-state index contributed by atoms with van der Waals surface area (Å²) >= 11 is 0. The summed E-state index contributed by atoms with van der Waals surface area (Å²) in [5, 5.41) is 20.1. The first-order valence-electron chi connectivity index (χ1n) is 5.44. The van der Waals surface area contributed by atoms with Crippen LogP contribution in [0.2, 0.25) is 0 Å². The molecule has 1 aromatic heterocycles. The molecule has 0 saturated carbocycles. The number of benzene rings is 1. The van der Waals surface area contributed by atoms with Crippen LogP contribution in [0.25, 0.3) is 6.08 Å². The van der Waals surface area contributed by atoms with Gasteiger partial charge in [-0.2, -0.15) is 0 Å². The maximum atomic E-state index is 10.2. The zero-order chi connectivity index (χ0) is 15.0. The monoisotopic (exact) mass is 337 g/mol. The number of aromatic amines is 1. The summed E-state index contributed by atoms with van der Waals surface area (Å²) in [7, 11) is 0. The number of hydrogen-bond donors (Lipinski definition) is 2. The molecule has 0 bridgehead atoms. The second-order valence-electron chi connectivity index (χ2n) is 3.52. The van der Waals surface area contributed by atoms with Crippen LogP contribution >= 0.6 is 0 Å². The molecule has 0 spiro atoms. The number of carboxylic acids is 2. The van der Waals surface area contributed by atoms with Crippen molar-refractivity contribution >= 4 is 23.7 Å². The fourth-order valence-corrected chi connectivity index (χ4v) is 1.20. The number of carboxylic acid groups (broad SMARTS) is 2. The summed E-state index contributed by atoms with van der Waals surface area (Å²) in [6.07, 6.45) is 5.33. The Labute approximate surface area is 133 Å². The van der Waals surface area contributed by atoms with E-state index >= 15 is 0 Å². The minimum absolute atomic E-state index is 0. The van der Waals surface area contributed by atoms with Crippen LogP contribution in [0, 0.1) is 0 Å². The Morgan fingerprint density at radius 2 is 1.90 bits per heavy atom. The second kappa shape index (κ2) is 9.44. The zero-order valence-electron chi connectivity index (χ0n) is 11.0. The van der Waals surface area contributed by atoms with Crippen molar-refractivity contribution in [1.29, 1.82) is 0 Å². The van der Waals surface area contributed by atoms with Crippen LogP contribution in [0.4, 0.5) is 5.69 Å². The molecule has 0 aliphatic heterocycles. The fraction of sp³-hybridized carbons (Fsp3) is 0. The number of imidazole rings is 1. The number of hydrogen-bond acceptors (Lipinski definition) is 6. The van der Waals surface area contributed by atoms with Crippen LogP contribution in [0.15, 0.2) is 42.9 Å². The number of rotatable bonds is 3. The summed E-state index contributed by atoms with van der Waals surface area (Å²) in [4.78, 5) is 26.5. The minimum Gasteiger partial charge on any atom is -0.545 e. The van der Waals surface area contributed by atoms with E-state index in [-0.39, 0.29) is 30.7 Å². The van der Waals surface area contributed by atoms with Crippen LogP contribution in [0.3, 0.4) is 0 Å². The van der Waals surface area contributed by atoms with Gasteiger partial charge >= 0.3 is 19.5 Å². The van der Waals surface area contributed by atoms with Gasteiger partial charge in [0.2, 0.25) is 0 Å². The number of nitrogens with two attached hydrogens (primary N) is 1. The van der Waals surface area contributed by atoms with E-state index < -0.39 is 11.9 Å². The zero-order valence-corrected chi connectivity index (χ0v) is 14.0. The predicted molar refractivity (Wildman–Crippen MR) is 67.8 cm³/mol. The van der Waals surface area contributed by atoms with Gasteiger partial charge in [0.1, 0.15) is 0 Å². The number of nitrogen functional groups attached to an aromatic ring is 1. The number of aromatic nitrogens is 2. The smallest absolute Gasteiger partial charge is 0.545 e. The molecular formula is C13H11N3O4Zn. The Morgan fingerprint density at radius 1 is 1.24 bits per heavy atom. The van der Waals surface area contributed by atoms with Crippen LogP contribution in [0.1, 0.15) is 16.1 Å². The number of nitrogens with zero attached hydrogens (tertiary/aromatic N) is 1. The summed E-state index contributed by atoms with van der Waals surface area (Å²) < 4.78 is 0. The van der Waals surface area contributed by atoms with E-state index in [0.717, 1.165) is 6.08 Å². The number of nitrogens with one attached hydrogen (secondary N) is 1. The van der Waals surface area contributed by atoms with Crippen molar-refractivity contribution in [2.24, 2.45) is 0 Å². The molecule has 104 valence electrons.